The van der Waals surface area contributed by atoms with E-state index in [4.69, 9.17) is 9.47 Å². The normalized spacial score (nSPS) is 26.6. The van der Waals surface area contributed by atoms with Gasteiger partial charge in [-0.25, -0.2) is 0 Å². The van der Waals surface area contributed by atoms with Crippen LogP contribution in [0.2, 0.25) is 0 Å². The van der Waals surface area contributed by atoms with Crippen LogP contribution in [-0.4, -0.2) is 30.7 Å². The van der Waals surface area contributed by atoms with Gasteiger partial charge in [-0.1, -0.05) is 17.2 Å². The SMILES string of the molecule is CC(C)=CCC/C(C)=C\C1OCC(O)CO1. The second-order valence-corrected chi connectivity index (χ2v) is 4.52. The fourth-order valence-corrected chi connectivity index (χ4v) is 1.51. The number of aliphatic hydroxyl groups excluding tert-OH is 1. The Balaban J connectivity index is 2.29. The van der Waals surface area contributed by atoms with Crippen LogP contribution in [0.5, 0.6) is 0 Å². The van der Waals surface area contributed by atoms with Gasteiger partial charge in [-0.05, 0) is 39.7 Å². The first kappa shape index (κ1) is 13.4. The van der Waals surface area contributed by atoms with Crippen LogP contribution in [0.1, 0.15) is 33.6 Å². The molecule has 0 bridgehead atoms. The van der Waals surface area contributed by atoms with Gasteiger partial charge in [-0.3, -0.25) is 0 Å². The van der Waals surface area contributed by atoms with Crippen molar-refractivity contribution in [3.8, 4) is 0 Å². The number of hydrogen-bond donors (Lipinski definition) is 1. The summed E-state index contributed by atoms with van der Waals surface area (Å²) in [6, 6.07) is 0. The molecular weight excluding hydrogens is 204 g/mol. The predicted molar refractivity (Wildman–Crippen MR) is 64.1 cm³/mol. The van der Waals surface area contributed by atoms with Crippen molar-refractivity contribution < 1.29 is 14.6 Å². The molecule has 0 aromatic heterocycles. The Morgan fingerprint density at radius 3 is 2.44 bits per heavy atom. The molecular formula is C13H22O3. The predicted octanol–water partition coefficient (Wildman–Crippen LogP) is 2.41. The molecule has 1 fully saturated rings. The topological polar surface area (TPSA) is 38.7 Å². The van der Waals surface area contributed by atoms with E-state index in [9.17, 15) is 5.11 Å². The van der Waals surface area contributed by atoms with Crippen LogP contribution in [0.25, 0.3) is 0 Å². The Morgan fingerprint density at radius 1 is 1.25 bits per heavy atom. The first-order valence-corrected chi connectivity index (χ1v) is 5.80. The molecule has 1 heterocycles. The van der Waals surface area contributed by atoms with E-state index >= 15 is 0 Å². The zero-order chi connectivity index (χ0) is 12.0. The minimum absolute atomic E-state index is 0.282. The molecule has 1 N–H and O–H groups in total. The monoisotopic (exact) mass is 226 g/mol. The van der Waals surface area contributed by atoms with Gasteiger partial charge in [0.1, 0.15) is 6.10 Å². The van der Waals surface area contributed by atoms with Crippen molar-refractivity contribution in [1.29, 1.82) is 0 Å². The molecule has 0 aliphatic carbocycles. The number of ether oxygens (including phenoxy) is 2. The Kier molecular flexibility index (Phi) is 5.74. The highest BCUT2D eigenvalue weighted by atomic mass is 16.7. The average Bonchev–Trinajstić information content (AvgIpc) is 2.21. The second kappa shape index (κ2) is 6.84. The molecule has 3 nitrogen and oxygen atoms in total. The van der Waals surface area contributed by atoms with Gasteiger partial charge in [0.25, 0.3) is 0 Å². The smallest absolute Gasteiger partial charge is 0.177 e. The van der Waals surface area contributed by atoms with Crippen LogP contribution in [-0.2, 0) is 9.47 Å². The van der Waals surface area contributed by atoms with Gasteiger partial charge in [-0.2, -0.15) is 0 Å². The molecule has 1 rings (SSSR count). The fraction of sp³-hybridized carbons (Fsp3) is 0.692. The molecule has 0 amide bonds. The van der Waals surface area contributed by atoms with E-state index in [0.717, 1.165) is 12.8 Å². The third-order valence-corrected chi connectivity index (χ3v) is 2.42. The zero-order valence-electron chi connectivity index (χ0n) is 10.4. The third kappa shape index (κ3) is 5.45. The van der Waals surface area contributed by atoms with Gasteiger partial charge < -0.3 is 14.6 Å². The Bertz CT molecular complexity index is 256. The second-order valence-electron chi connectivity index (χ2n) is 4.52. The maximum Gasteiger partial charge on any atom is 0.177 e. The van der Waals surface area contributed by atoms with E-state index < -0.39 is 6.10 Å². The molecule has 0 radical (unpaired) electrons. The lowest BCUT2D eigenvalue weighted by Gasteiger charge is -2.24. The number of aliphatic hydroxyl groups is 1. The first-order chi connectivity index (χ1) is 7.58. The molecule has 0 atom stereocenters. The minimum atomic E-state index is -0.476. The van der Waals surface area contributed by atoms with E-state index in [1.54, 1.807) is 0 Å². The highest BCUT2D eigenvalue weighted by Gasteiger charge is 2.18. The molecule has 0 spiro atoms. The summed E-state index contributed by atoms with van der Waals surface area (Å²) in [6.45, 7) is 7.02. The van der Waals surface area contributed by atoms with Crippen molar-refractivity contribution in [3.63, 3.8) is 0 Å². The molecule has 1 aliphatic heterocycles. The molecule has 1 aliphatic rings. The zero-order valence-corrected chi connectivity index (χ0v) is 10.4. The van der Waals surface area contributed by atoms with E-state index in [2.05, 4.69) is 26.8 Å². The van der Waals surface area contributed by atoms with Crippen LogP contribution < -0.4 is 0 Å². The van der Waals surface area contributed by atoms with E-state index in [-0.39, 0.29) is 6.29 Å². The van der Waals surface area contributed by atoms with Crippen LogP contribution >= 0.6 is 0 Å². The molecule has 92 valence electrons. The lowest BCUT2D eigenvalue weighted by atomic mass is 10.1. The van der Waals surface area contributed by atoms with Crippen LogP contribution in [0.4, 0.5) is 0 Å². The van der Waals surface area contributed by atoms with Crippen molar-refractivity contribution in [2.45, 2.75) is 46.0 Å². The molecule has 1 saturated heterocycles. The third-order valence-electron chi connectivity index (χ3n) is 2.42. The van der Waals surface area contributed by atoms with Crippen LogP contribution in [0.3, 0.4) is 0 Å². The minimum Gasteiger partial charge on any atom is -0.388 e. The largest absolute Gasteiger partial charge is 0.388 e. The molecule has 16 heavy (non-hydrogen) atoms. The maximum atomic E-state index is 9.19. The van der Waals surface area contributed by atoms with Crippen molar-refractivity contribution in [1.82, 2.24) is 0 Å². The van der Waals surface area contributed by atoms with Crippen LogP contribution in [0, 0.1) is 0 Å². The number of allylic oxidation sites excluding steroid dienone is 3. The molecule has 0 saturated carbocycles. The average molecular weight is 226 g/mol. The summed E-state index contributed by atoms with van der Waals surface area (Å²) < 4.78 is 10.6. The summed E-state index contributed by atoms with van der Waals surface area (Å²) in [4.78, 5) is 0. The highest BCUT2D eigenvalue weighted by Crippen LogP contribution is 2.12. The lowest BCUT2D eigenvalue weighted by Crippen LogP contribution is -2.34. The van der Waals surface area contributed by atoms with Gasteiger partial charge >= 0.3 is 0 Å². The van der Waals surface area contributed by atoms with Gasteiger partial charge in [0.05, 0.1) is 13.2 Å². The molecule has 0 unspecified atom stereocenters. The molecule has 0 aromatic rings. The summed E-state index contributed by atoms with van der Waals surface area (Å²) in [6.07, 6.45) is 5.54. The highest BCUT2D eigenvalue weighted by molar-refractivity contribution is 5.03. The first-order valence-electron chi connectivity index (χ1n) is 5.80. The Morgan fingerprint density at radius 2 is 1.88 bits per heavy atom. The number of rotatable bonds is 4. The van der Waals surface area contributed by atoms with Gasteiger partial charge in [0, 0.05) is 0 Å². The van der Waals surface area contributed by atoms with Gasteiger partial charge in [0.15, 0.2) is 6.29 Å². The van der Waals surface area contributed by atoms with E-state index in [1.165, 1.54) is 11.1 Å². The summed E-state index contributed by atoms with van der Waals surface area (Å²) in [5.74, 6) is 0. The Hall–Kier alpha value is -0.640. The Labute approximate surface area is 97.8 Å². The van der Waals surface area contributed by atoms with Crippen molar-refractivity contribution in [2.24, 2.45) is 0 Å². The molecule has 3 heteroatoms. The fourth-order valence-electron chi connectivity index (χ4n) is 1.51. The van der Waals surface area contributed by atoms with E-state index in [1.807, 2.05) is 6.08 Å². The standard InChI is InChI=1S/C13H22O3/c1-10(2)5-4-6-11(3)7-13-15-8-12(14)9-16-13/h5,7,12-14H,4,6,8-9H2,1-3H3/b11-7-. The van der Waals surface area contributed by atoms with E-state index in [0.29, 0.717) is 13.2 Å². The summed E-state index contributed by atoms with van der Waals surface area (Å²) in [7, 11) is 0. The summed E-state index contributed by atoms with van der Waals surface area (Å²) in [5, 5.41) is 9.19. The van der Waals surface area contributed by atoms with Crippen LogP contribution in [0.15, 0.2) is 23.3 Å². The van der Waals surface area contributed by atoms with Crippen molar-refractivity contribution >= 4 is 0 Å². The number of hydrogen-bond acceptors (Lipinski definition) is 3. The molecule has 0 aromatic carbocycles. The van der Waals surface area contributed by atoms with Gasteiger partial charge in [0.2, 0.25) is 0 Å². The quantitative estimate of drug-likeness (QED) is 0.748. The van der Waals surface area contributed by atoms with Crippen molar-refractivity contribution in [3.05, 3.63) is 23.3 Å². The van der Waals surface area contributed by atoms with Crippen molar-refractivity contribution in [2.75, 3.05) is 13.2 Å². The lowest BCUT2D eigenvalue weighted by molar-refractivity contribution is -0.193. The summed E-state index contributed by atoms with van der Waals surface area (Å²) in [5.41, 5.74) is 2.61. The maximum absolute atomic E-state index is 9.19. The van der Waals surface area contributed by atoms with Gasteiger partial charge in [-0.15, -0.1) is 0 Å². The summed E-state index contributed by atoms with van der Waals surface area (Å²) >= 11 is 0.